The lowest BCUT2D eigenvalue weighted by molar-refractivity contribution is 0.415. The number of methoxy groups -OCH3 is 1. The Bertz CT molecular complexity index is 662. The molecule has 2 aromatic rings. The molecule has 6 heteroatoms. The van der Waals surface area contributed by atoms with E-state index in [0.29, 0.717) is 32.7 Å². The molecule has 0 aliphatic rings. The first kappa shape index (κ1) is 14.9. The SMILES string of the molecule is COc1ccc(Cl)c(Nc2cc(Cl)ccc2C(N)=S)c1. The van der Waals surface area contributed by atoms with Gasteiger partial charge in [0.05, 0.1) is 23.5 Å². The second-order valence-electron chi connectivity index (χ2n) is 4.02. The highest BCUT2D eigenvalue weighted by atomic mass is 35.5. The van der Waals surface area contributed by atoms with Crippen molar-refractivity contribution in [3.05, 3.63) is 52.0 Å². The predicted molar refractivity (Wildman–Crippen MR) is 88.6 cm³/mol. The Morgan fingerprint density at radius 3 is 2.55 bits per heavy atom. The zero-order valence-electron chi connectivity index (χ0n) is 10.6. The molecular weight excluding hydrogens is 315 g/mol. The van der Waals surface area contributed by atoms with E-state index in [1.165, 1.54) is 0 Å². The fourth-order valence-corrected chi connectivity index (χ4v) is 2.22. The van der Waals surface area contributed by atoms with Crippen LogP contribution in [0.3, 0.4) is 0 Å². The Morgan fingerprint density at radius 1 is 1.15 bits per heavy atom. The van der Waals surface area contributed by atoms with Crippen LogP contribution in [0.25, 0.3) is 0 Å². The van der Waals surface area contributed by atoms with Crippen molar-refractivity contribution in [1.82, 2.24) is 0 Å². The molecule has 0 spiro atoms. The summed E-state index contributed by atoms with van der Waals surface area (Å²) in [5.41, 5.74) is 7.78. The summed E-state index contributed by atoms with van der Waals surface area (Å²) in [6.45, 7) is 0. The van der Waals surface area contributed by atoms with Gasteiger partial charge in [-0.05, 0) is 30.3 Å². The van der Waals surface area contributed by atoms with Gasteiger partial charge in [0.2, 0.25) is 0 Å². The number of nitrogens with two attached hydrogens (primary N) is 1. The molecule has 0 aromatic heterocycles. The van der Waals surface area contributed by atoms with Crippen molar-refractivity contribution < 1.29 is 4.74 Å². The minimum Gasteiger partial charge on any atom is -0.497 e. The summed E-state index contributed by atoms with van der Waals surface area (Å²) in [4.78, 5) is 0.281. The van der Waals surface area contributed by atoms with Crippen LogP contribution >= 0.6 is 35.4 Å². The van der Waals surface area contributed by atoms with Crippen LogP contribution in [0.1, 0.15) is 5.56 Å². The second kappa shape index (κ2) is 6.31. The van der Waals surface area contributed by atoms with Crippen LogP contribution in [-0.2, 0) is 0 Å². The molecule has 0 heterocycles. The third-order valence-corrected chi connectivity index (χ3v) is 3.47. The monoisotopic (exact) mass is 326 g/mol. The first-order valence-corrected chi connectivity index (χ1v) is 6.87. The summed E-state index contributed by atoms with van der Waals surface area (Å²) >= 11 is 17.2. The number of hydrogen-bond donors (Lipinski definition) is 2. The van der Waals surface area contributed by atoms with E-state index in [0.717, 1.165) is 0 Å². The van der Waals surface area contributed by atoms with Gasteiger partial charge in [0.15, 0.2) is 0 Å². The van der Waals surface area contributed by atoms with Crippen molar-refractivity contribution in [3.63, 3.8) is 0 Å². The molecule has 2 rings (SSSR count). The van der Waals surface area contributed by atoms with Crippen molar-refractivity contribution >= 4 is 51.8 Å². The number of hydrogen-bond acceptors (Lipinski definition) is 3. The zero-order valence-corrected chi connectivity index (χ0v) is 12.9. The lowest BCUT2D eigenvalue weighted by atomic mass is 10.1. The van der Waals surface area contributed by atoms with Crippen LogP contribution in [0, 0.1) is 0 Å². The summed E-state index contributed by atoms with van der Waals surface area (Å²) < 4.78 is 5.17. The van der Waals surface area contributed by atoms with E-state index in [1.807, 2.05) is 0 Å². The van der Waals surface area contributed by atoms with Crippen molar-refractivity contribution in [1.29, 1.82) is 0 Å². The summed E-state index contributed by atoms with van der Waals surface area (Å²) in [7, 11) is 1.59. The molecule has 3 nitrogen and oxygen atoms in total. The van der Waals surface area contributed by atoms with E-state index in [4.69, 9.17) is 45.9 Å². The molecule has 0 radical (unpaired) electrons. The topological polar surface area (TPSA) is 47.3 Å². The Kier molecular flexibility index (Phi) is 4.70. The highest BCUT2D eigenvalue weighted by molar-refractivity contribution is 7.80. The largest absolute Gasteiger partial charge is 0.497 e. The smallest absolute Gasteiger partial charge is 0.121 e. The second-order valence-corrected chi connectivity index (χ2v) is 5.31. The van der Waals surface area contributed by atoms with Crippen molar-refractivity contribution in [2.45, 2.75) is 0 Å². The minimum absolute atomic E-state index is 0.281. The van der Waals surface area contributed by atoms with Gasteiger partial charge in [-0.2, -0.15) is 0 Å². The van der Waals surface area contributed by atoms with E-state index in [9.17, 15) is 0 Å². The third-order valence-electron chi connectivity index (χ3n) is 2.69. The van der Waals surface area contributed by atoms with Crippen LogP contribution in [0.4, 0.5) is 11.4 Å². The number of rotatable bonds is 4. The van der Waals surface area contributed by atoms with Crippen molar-refractivity contribution in [3.8, 4) is 5.75 Å². The molecule has 0 amide bonds. The van der Waals surface area contributed by atoms with Gasteiger partial charge >= 0.3 is 0 Å². The number of ether oxygens (including phenoxy) is 1. The highest BCUT2D eigenvalue weighted by Crippen LogP contribution is 2.31. The van der Waals surface area contributed by atoms with E-state index in [-0.39, 0.29) is 4.99 Å². The van der Waals surface area contributed by atoms with E-state index < -0.39 is 0 Å². The molecule has 0 bridgehead atoms. The lowest BCUT2D eigenvalue weighted by Crippen LogP contribution is -2.12. The van der Waals surface area contributed by atoms with Gasteiger partial charge in [0, 0.05) is 16.7 Å². The molecule has 104 valence electrons. The van der Waals surface area contributed by atoms with Gasteiger partial charge in [-0.3, -0.25) is 0 Å². The standard InChI is InChI=1S/C14H12Cl2N2OS/c1-19-9-3-5-11(16)13(7-9)18-12-6-8(15)2-4-10(12)14(17)20/h2-7,18H,1H3,(H2,17,20). The molecule has 0 fully saturated rings. The Balaban J connectivity index is 2.43. The number of benzene rings is 2. The quantitative estimate of drug-likeness (QED) is 0.818. The minimum atomic E-state index is 0.281. The molecule has 20 heavy (non-hydrogen) atoms. The first-order valence-electron chi connectivity index (χ1n) is 5.71. The zero-order chi connectivity index (χ0) is 14.7. The van der Waals surface area contributed by atoms with Crippen LogP contribution in [0.5, 0.6) is 5.75 Å². The molecular formula is C14H12Cl2N2OS. The lowest BCUT2D eigenvalue weighted by Gasteiger charge is -2.14. The van der Waals surface area contributed by atoms with Crippen LogP contribution < -0.4 is 15.8 Å². The van der Waals surface area contributed by atoms with E-state index in [2.05, 4.69) is 5.32 Å². The van der Waals surface area contributed by atoms with Gasteiger partial charge in [-0.1, -0.05) is 35.4 Å². The fraction of sp³-hybridized carbons (Fsp3) is 0.0714. The Hall–Kier alpha value is -1.49. The number of thiocarbonyl (C=S) groups is 1. The van der Waals surface area contributed by atoms with Crippen molar-refractivity contribution in [2.24, 2.45) is 5.73 Å². The molecule has 0 aliphatic heterocycles. The highest BCUT2D eigenvalue weighted by Gasteiger charge is 2.09. The number of nitrogens with one attached hydrogen (secondary N) is 1. The average Bonchev–Trinajstić information content (AvgIpc) is 2.41. The number of anilines is 2. The average molecular weight is 327 g/mol. The Morgan fingerprint density at radius 2 is 1.90 bits per heavy atom. The van der Waals surface area contributed by atoms with Crippen molar-refractivity contribution in [2.75, 3.05) is 12.4 Å². The van der Waals surface area contributed by atoms with Gasteiger partial charge in [0.25, 0.3) is 0 Å². The molecule has 0 saturated carbocycles. The molecule has 3 N–H and O–H groups in total. The summed E-state index contributed by atoms with van der Waals surface area (Å²) in [6, 6.07) is 10.5. The maximum atomic E-state index is 6.16. The van der Waals surface area contributed by atoms with Crippen LogP contribution in [-0.4, -0.2) is 12.1 Å². The normalized spacial score (nSPS) is 10.2. The van der Waals surface area contributed by atoms with Crippen LogP contribution in [0.2, 0.25) is 10.0 Å². The number of halogens is 2. The first-order chi connectivity index (χ1) is 9.51. The van der Waals surface area contributed by atoms with Crippen LogP contribution in [0.15, 0.2) is 36.4 Å². The summed E-state index contributed by atoms with van der Waals surface area (Å²) in [5.74, 6) is 0.691. The molecule has 0 atom stereocenters. The van der Waals surface area contributed by atoms with Gasteiger partial charge in [0.1, 0.15) is 10.7 Å². The molecule has 0 unspecified atom stereocenters. The third kappa shape index (κ3) is 3.33. The van der Waals surface area contributed by atoms with Gasteiger partial charge in [-0.25, -0.2) is 0 Å². The molecule has 0 saturated heterocycles. The maximum Gasteiger partial charge on any atom is 0.121 e. The predicted octanol–water partition coefficient (Wildman–Crippen LogP) is 4.38. The van der Waals surface area contributed by atoms with E-state index in [1.54, 1.807) is 43.5 Å². The Labute approximate surface area is 132 Å². The fourth-order valence-electron chi connectivity index (χ4n) is 1.71. The summed E-state index contributed by atoms with van der Waals surface area (Å²) in [5, 5.41) is 4.30. The van der Waals surface area contributed by atoms with Gasteiger partial charge < -0.3 is 15.8 Å². The molecule has 0 aliphatic carbocycles. The van der Waals surface area contributed by atoms with Gasteiger partial charge in [-0.15, -0.1) is 0 Å². The maximum absolute atomic E-state index is 6.16. The molecule has 2 aromatic carbocycles. The van der Waals surface area contributed by atoms with E-state index >= 15 is 0 Å². The summed E-state index contributed by atoms with van der Waals surface area (Å²) in [6.07, 6.45) is 0.